The number of methoxy groups -OCH3 is 3. The lowest BCUT2D eigenvalue weighted by molar-refractivity contribution is -0.143. The van der Waals surface area contributed by atoms with Gasteiger partial charge in [0, 0.05) is 29.3 Å². The van der Waals surface area contributed by atoms with Crippen molar-refractivity contribution in [2.24, 2.45) is 10.9 Å². The Balaban J connectivity index is 1.76. The number of ether oxygens (including phenoxy) is 3. The summed E-state index contributed by atoms with van der Waals surface area (Å²) in [5.74, 6) is 0.117. The summed E-state index contributed by atoms with van der Waals surface area (Å²) in [4.78, 5) is 31.0. The highest BCUT2D eigenvalue weighted by Gasteiger charge is 2.44. The monoisotopic (exact) mass is 433 g/mol. The van der Waals surface area contributed by atoms with Gasteiger partial charge in [-0.1, -0.05) is 24.3 Å². The van der Waals surface area contributed by atoms with E-state index in [0.717, 1.165) is 22.6 Å². The maximum atomic E-state index is 13.5. The van der Waals surface area contributed by atoms with Crippen molar-refractivity contribution in [2.75, 3.05) is 21.3 Å². The van der Waals surface area contributed by atoms with Crippen molar-refractivity contribution in [3.8, 4) is 11.5 Å². The lowest BCUT2D eigenvalue weighted by Crippen LogP contribution is -2.37. The molecule has 1 unspecified atom stereocenters. The number of hydrogen-bond acceptors (Lipinski definition) is 6. The molecule has 0 spiro atoms. The Kier molecular flexibility index (Phi) is 6.12. The quantitative estimate of drug-likeness (QED) is 0.651. The SMILES string of the molecule is COC(=O)C1C(C)=NC2=C(C(=O)C[C@@H](c3ccc(OC)cc3)C2)[C@@H]1c1ccc(OC)cc1. The van der Waals surface area contributed by atoms with Gasteiger partial charge in [-0.2, -0.15) is 0 Å². The van der Waals surface area contributed by atoms with E-state index in [1.165, 1.54) is 7.11 Å². The van der Waals surface area contributed by atoms with Crippen molar-refractivity contribution >= 4 is 17.5 Å². The van der Waals surface area contributed by atoms with Gasteiger partial charge < -0.3 is 14.2 Å². The van der Waals surface area contributed by atoms with E-state index in [9.17, 15) is 9.59 Å². The Hall–Kier alpha value is -3.41. The molecular formula is C26H27NO5. The van der Waals surface area contributed by atoms with Crippen LogP contribution in [0.1, 0.15) is 42.7 Å². The molecule has 0 amide bonds. The van der Waals surface area contributed by atoms with Crippen LogP contribution in [0.4, 0.5) is 0 Å². The molecule has 3 atom stereocenters. The van der Waals surface area contributed by atoms with Crippen LogP contribution in [0.25, 0.3) is 0 Å². The topological polar surface area (TPSA) is 74.2 Å². The molecule has 2 aromatic rings. The van der Waals surface area contributed by atoms with E-state index in [0.29, 0.717) is 29.9 Å². The van der Waals surface area contributed by atoms with Crippen LogP contribution in [-0.2, 0) is 14.3 Å². The van der Waals surface area contributed by atoms with Crippen molar-refractivity contribution < 1.29 is 23.8 Å². The molecule has 2 aliphatic rings. The van der Waals surface area contributed by atoms with Gasteiger partial charge in [0.2, 0.25) is 0 Å². The number of carbonyl (C=O) groups excluding carboxylic acids is 2. The third-order valence-electron chi connectivity index (χ3n) is 6.41. The largest absolute Gasteiger partial charge is 0.497 e. The van der Waals surface area contributed by atoms with E-state index in [4.69, 9.17) is 19.2 Å². The first kappa shape index (κ1) is 21.8. The van der Waals surface area contributed by atoms with Crippen molar-refractivity contribution in [1.82, 2.24) is 0 Å². The molecule has 0 saturated carbocycles. The molecule has 1 heterocycles. The third kappa shape index (κ3) is 3.93. The van der Waals surface area contributed by atoms with Crippen molar-refractivity contribution in [2.45, 2.75) is 31.6 Å². The maximum Gasteiger partial charge on any atom is 0.315 e. The normalized spacial score (nSPS) is 22.7. The number of carbonyl (C=O) groups is 2. The third-order valence-corrected chi connectivity index (χ3v) is 6.41. The highest BCUT2D eigenvalue weighted by Crippen LogP contribution is 2.47. The van der Waals surface area contributed by atoms with Crippen LogP contribution < -0.4 is 9.47 Å². The summed E-state index contributed by atoms with van der Waals surface area (Å²) in [6.45, 7) is 1.84. The molecular weight excluding hydrogens is 406 g/mol. The fourth-order valence-corrected chi connectivity index (χ4v) is 4.78. The molecule has 0 fully saturated rings. The van der Waals surface area contributed by atoms with Gasteiger partial charge >= 0.3 is 5.97 Å². The van der Waals surface area contributed by atoms with Crippen LogP contribution >= 0.6 is 0 Å². The first-order valence-corrected chi connectivity index (χ1v) is 10.6. The van der Waals surface area contributed by atoms with E-state index in [1.807, 2.05) is 55.5 Å². The molecule has 0 N–H and O–H groups in total. The summed E-state index contributed by atoms with van der Waals surface area (Å²) >= 11 is 0. The van der Waals surface area contributed by atoms with Gasteiger partial charge in [-0.15, -0.1) is 0 Å². The Labute approximate surface area is 187 Å². The molecule has 0 saturated heterocycles. The molecule has 0 radical (unpaired) electrons. The number of Topliss-reactive ketones (excluding diaryl/α,β-unsaturated/α-hetero) is 1. The van der Waals surface area contributed by atoms with E-state index < -0.39 is 11.8 Å². The highest BCUT2D eigenvalue weighted by atomic mass is 16.5. The molecule has 6 nitrogen and oxygen atoms in total. The number of aliphatic imine (C=N–C) groups is 1. The molecule has 1 aliphatic heterocycles. The standard InChI is InChI=1S/C26H27NO5/c1-15-23(26(29)32-4)24(17-7-11-20(31-3)12-8-17)25-21(27-15)13-18(14-22(25)28)16-5-9-19(30-2)10-6-16/h5-12,18,23-24H,13-14H2,1-4H3/t18-,23?,24+/m0/s1. The minimum Gasteiger partial charge on any atom is -0.497 e. The van der Waals surface area contributed by atoms with Gasteiger partial charge in [0.25, 0.3) is 0 Å². The van der Waals surface area contributed by atoms with Crippen LogP contribution in [0.15, 0.2) is 64.8 Å². The van der Waals surface area contributed by atoms with Gasteiger partial charge in [0.15, 0.2) is 5.78 Å². The molecule has 0 aromatic heterocycles. The molecule has 32 heavy (non-hydrogen) atoms. The Morgan fingerprint density at radius 2 is 1.44 bits per heavy atom. The smallest absolute Gasteiger partial charge is 0.315 e. The molecule has 2 aromatic carbocycles. The lowest BCUT2D eigenvalue weighted by Gasteiger charge is -2.36. The number of rotatable bonds is 5. The lowest BCUT2D eigenvalue weighted by atomic mass is 9.69. The Bertz CT molecular complexity index is 1080. The zero-order valence-electron chi connectivity index (χ0n) is 18.8. The zero-order chi connectivity index (χ0) is 22.8. The average Bonchev–Trinajstić information content (AvgIpc) is 2.82. The first-order valence-electron chi connectivity index (χ1n) is 10.6. The van der Waals surface area contributed by atoms with E-state index in [1.54, 1.807) is 14.2 Å². The number of hydrogen-bond donors (Lipinski definition) is 0. The minimum absolute atomic E-state index is 0.0260. The predicted octanol–water partition coefficient (Wildman–Crippen LogP) is 4.45. The number of ketones is 1. The van der Waals surface area contributed by atoms with E-state index in [2.05, 4.69) is 0 Å². The number of allylic oxidation sites excluding steroid dienone is 2. The van der Waals surface area contributed by atoms with E-state index >= 15 is 0 Å². The number of nitrogens with zero attached hydrogens (tertiary/aromatic N) is 1. The van der Waals surface area contributed by atoms with Crippen LogP contribution in [-0.4, -0.2) is 38.8 Å². The number of benzene rings is 2. The van der Waals surface area contributed by atoms with Gasteiger partial charge in [-0.05, 0) is 54.7 Å². The van der Waals surface area contributed by atoms with Gasteiger partial charge in [0.05, 0.1) is 21.3 Å². The second kappa shape index (κ2) is 8.99. The van der Waals surface area contributed by atoms with Gasteiger partial charge in [-0.25, -0.2) is 0 Å². The second-order valence-corrected chi connectivity index (χ2v) is 8.17. The van der Waals surface area contributed by atoms with Crippen LogP contribution in [0.5, 0.6) is 11.5 Å². The summed E-state index contributed by atoms with van der Waals surface area (Å²) in [6.07, 6.45) is 1.02. The van der Waals surface area contributed by atoms with Crippen LogP contribution in [0.3, 0.4) is 0 Å². The van der Waals surface area contributed by atoms with Gasteiger partial charge in [0.1, 0.15) is 17.4 Å². The minimum atomic E-state index is -0.631. The highest BCUT2D eigenvalue weighted by molar-refractivity contribution is 6.09. The van der Waals surface area contributed by atoms with E-state index in [-0.39, 0.29) is 17.7 Å². The Morgan fingerprint density at radius 3 is 1.97 bits per heavy atom. The second-order valence-electron chi connectivity index (χ2n) is 8.17. The van der Waals surface area contributed by atoms with Crippen molar-refractivity contribution in [3.63, 3.8) is 0 Å². The predicted molar refractivity (Wildman–Crippen MR) is 121 cm³/mol. The summed E-state index contributed by atoms with van der Waals surface area (Å²) in [6, 6.07) is 15.3. The van der Waals surface area contributed by atoms with Crippen molar-refractivity contribution in [3.05, 3.63) is 70.9 Å². The Morgan fingerprint density at radius 1 is 0.875 bits per heavy atom. The molecule has 0 bridgehead atoms. The number of esters is 1. The summed E-state index contributed by atoms with van der Waals surface area (Å²) in [7, 11) is 4.61. The average molecular weight is 434 g/mol. The molecule has 4 rings (SSSR count). The molecule has 1 aliphatic carbocycles. The summed E-state index contributed by atoms with van der Waals surface area (Å²) < 4.78 is 15.6. The van der Waals surface area contributed by atoms with Crippen molar-refractivity contribution in [1.29, 1.82) is 0 Å². The first-order chi connectivity index (χ1) is 15.5. The fourth-order valence-electron chi connectivity index (χ4n) is 4.78. The summed E-state index contributed by atoms with van der Waals surface area (Å²) in [5.41, 5.74) is 4.01. The van der Waals surface area contributed by atoms with Crippen LogP contribution in [0, 0.1) is 5.92 Å². The zero-order valence-corrected chi connectivity index (χ0v) is 18.8. The summed E-state index contributed by atoms with van der Waals surface area (Å²) in [5, 5.41) is 0. The fraction of sp³-hybridized carbons (Fsp3) is 0.346. The molecule has 166 valence electrons. The van der Waals surface area contributed by atoms with Crippen LogP contribution in [0.2, 0.25) is 0 Å². The van der Waals surface area contributed by atoms with Gasteiger partial charge in [-0.3, -0.25) is 14.6 Å². The molecule has 6 heteroatoms. The maximum absolute atomic E-state index is 13.5.